The van der Waals surface area contributed by atoms with Gasteiger partial charge in [0.25, 0.3) is 0 Å². The zero-order valence-electron chi connectivity index (χ0n) is 14.0. The summed E-state index contributed by atoms with van der Waals surface area (Å²) in [7, 11) is 1.63. The van der Waals surface area contributed by atoms with Crippen LogP contribution in [-0.2, 0) is 17.6 Å². The molecule has 0 fully saturated rings. The molecule has 0 bridgehead atoms. The molecule has 1 aliphatic heterocycles. The summed E-state index contributed by atoms with van der Waals surface area (Å²) in [6, 6.07) is 11.9. The van der Waals surface area contributed by atoms with E-state index in [1.165, 1.54) is 18.1 Å². The van der Waals surface area contributed by atoms with E-state index in [0.29, 0.717) is 0 Å². The highest BCUT2D eigenvalue weighted by Crippen LogP contribution is 2.28. The lowest BCUT2D eigenvalue weighted by molar-refractivity contribution is -0.114. The van der Waals surface area contributed by atoms with Gasteiger partial charge >= 0.3 is 0 Å². The molecule has 2 aromatic rings. The lowest BCUT2D eigenvalue weighted by atomic mass is 10.1. The van der Waals surface area contributed by atoms with Gasteiger partial charge in [0.05, 0.1) is 25.1 Å². The van der Waals surface area contributed by atoms with Crippen molar-refractivity contribution < 1.29 is 14.3 Å². The number of anilines is 2. The number of ether oxygens (including phenoxy) is 2. The first-order valence-electron chi connectivity index (χ1n) is 8.10. The van der Waals surface area contributed by atoms with Crippen LogP contribution in [0.1, 0.15) is 18.1 Å². The zero-order chi connectivity index (χ0) is 16.9. The highest BCUT2D eigenvalue weighted by atomic mass is 16.5. The van der Waals surface area contributed by atoms with E-state index in [9.17, 15) is 4.79 Å². The Hall–Kier alpha value is -2.69. The lowest BCUT2D eigenvalue weighted by Crippen LogP contribution is -2.11. The molecule has 0 radical (unpaired) electrons. The second-order valence-electron chi connectivity index (χ2n) is 5.81. The van der Waals surface area contributed by atoms with Gasteiger partial charge in [0.1, 0.15) is 11.5 Å². The molecule has 0 atom stereocenters. The molecule has 0 aliphatic carbocycles. The normalized spacial score (nSPS) is 12.2. The van der Waals surface area contributed by atoms with Crippen molar-refractivity contribution in [2.75, 3.05) is 30.9 Å². The predicted molar refractivity (Wildman–Crippen MR) is 95.1 cm³/mol. The predicted octanol–water partition coefficient (Wildman–Crippen LogP) is 3.24. The van der Waals surface area contributed by atoms with Crippen LogP contribution < -0.4 is 20.1 Å². The summed E-state index contributed by atoms with van der Waals surface area (Å²) >= 11 is 0. The van der Waals surface area contributed by atoms with Crippen LogP contribution in [0, 0.1) is 0 Å². The fourth-order valence-electron chi connectivity index (χ4n) is 2.83. The Morgan fingerprint density at radius 2 is 2.08 bits per heavy atom. The number of hydrogen-bond acceptors (Lipinski definition) is 4. The number of hydrogen-bond donors (Lipinski definition) is 2. The number of benzene rings is 2. The van der Waals surface area contributed by atoms with Crippen LogP contribution in [0.3, 0.4) is 0 Å². The average molecular weight is 326 g/mol. The molecule has 5 heteroatoms. The average Bonchev–Trinajstić information content (AvgIpc) is 3.03. The number of carbonyl (C=O) groups excluding carboxylic acids is 1. The van der Waals surface area contributed by atoms with Crippen molar-refractivity contribution in [3.8, 4) is 11.5 Å². The molecular weight excluding hydrogens is 304 g/mol. The fourth-order valence-corrected chi connectivity index (χ4v) is 2.83. The summed E-state index contributed by atoms with van der Waals surface area (Å²) in [6.07, 6.45) is 1.88. The van der Waals surface area contributed by atoms with Crippen molar-refractivity contribution in [1.29, 1.82) is 0 Å². The van der Waals surface area contributed by atoms with Gasteiger partial charge in [-0.05, 0) is 35.7 Å². The highest BCUT2D eigenvalue weighted by molar-refractivity contribution is 5.92. The number of carbonyl (C=O) groups is 1. The maximum absolute atomic E-state index is 11.3. The van der Waals surface area contributed by atoms with Gasteiger partial charge in [-0.2, -0.15) is 0 Å². The monoisotopic (exact) mass is 326 g/mol. The third-order valence-corrected chi connectivity index (χ3v) is 4.02. The summed E-state index contributed by atoms with van der Waals surface area (Å²) in [5.74, 6) is 1.66. The Balaban J connectivity index is 1.66. The molecule has 1 amide bonds. The third-order valence-electron chi connectivity index (χ3n) is 4.02. The van der Waals surface area contributed by atoms with E-state index in [4.69, 9.17) is 9.47 Å². The maximum Gasteiger partial charge on any atom is 0.221 e. The Kier molecular flexibility index (Phi) is 4.89. The van der Waals surface area contributed by atoms with Crippen molar-refractivity contribution >= 4 is 17.3 Å². The first-order chi connectivity index (χ1) is 11.7. The van der Waals surface area contributed by atoms with Crippen LogP contribution in [-0.4, -0.2) is 26.2 Å². The minimum Gasteiger partial charge on any atom is -0.497 e. The molecule has 24 heavy (non-hydrogen) atoms. The lowest BCUT2D eigenvalue weighted by Gasteiger charge is -2.14. The molecule has 2 N–H and O–H groups in total. The van der Waals surface area contributed by atoms with Gasteiger partial charge in [0.2, 0.25) is 5.91 Å². The van der Waals surface area contributed by atoms with E-state index < -0.39 is 0 Å². The molecule has 0 saturated carbocycles. The third kappa shape index (κ3) is 3.79. The Bertz CT molecular complexity index is 743. The quantitative estimate of drug-likeness (QED) is 0.855. The summed E-state index contributed by atoms with van der Waals surface area (Å²) in [5.41, 5.74) is 4.17. The van der Waals surface area contributed by atoms with Crippen molar-refractivity contribution in [2.45, 2.75) is 19.8 Å². The first kappa shape index (κ1) is 16.2. The van der Waals surface area contributed by atoms with Gasteiger partial charge in [0, 0.05) is 26.0 Å². The van der Waals surface area contributed by atoms with Gasteiger partial charge in [-0.1, -0.05) is 12.1 Å². The van der Waals surface area contributed by atoms with Crippen LogP contribution in [0.25, 0.3) is 0 Å². The van der Waals surface area contributed by atoms with Crippen LogP contribution in [0.4, 0.5) is 11.4 Å². The minimum atomic E-state index is -0.0955. The van der Waals surface area contributed by atoms with E-state index in [1.807, 2.05) is 24.3 Å². The molecule has 126 valence electrons. The maximum atomic E-state index is 11.3. The van der Waals surface area contributed by atoms with Crippen molar-refractivity contribution in [2.24, 2.45) is 0 Å². The Morgan fingerprint density at radius 3 is 2.88 bits per heavy atom. The molecule has 2 aromatic carbocycles. The first-order valence-corrected chi connectivity index (χ1v) is 8.10. The number of methoxy groups -OCH3 is 1. The Labute approximate surface area is 142 Å². The minimum absolute atomic E-state index is 0.0955. The van der Waals surface area contributed by atoms with Crippen LogP contribution in [0.15, 0.2) is 36.4 Å². The van der Waals surface area contributed by atoms with Crippen molar-refractivity contribution in [3.05, 3.63) is 47.5 Å². The van der Waals surface area contributed by atoms with E-state index >= 15 is 0 Å². The van der Waals surface area contributed by atoms with Gasteiger partial charge in [-0.3, -0.25) is 4.79 Å². The van der Waals surface area contributed by atoms with E-state index in [0.717, 1.165) is 48.9 Å². The molecule has 3 rings (SSSR count). The fraction of sp³-hybridized carbons (Fsp3) is 0.316. The summed E-state index contributed by atoms with van der Waals surface area (Å²) in [5, 5.41) is 6.22. The molecule has 0 unspecified atom stereocenters. The number of rotatable bonds is 6. The molecule has 0 spiro atoms. The molecule has 5 nitrogen and oxygen atoms in total. The van der Waals surface area contributed by atoms with Crippen LogP contribution in [0.5, 0.6) is 11.5 Å². The van der Waals surface area contributed by atoms with Crippen LogP contribution in [0.2, 0.25) is 0 Å². The van der Waals surface area contributed by atoms with E-state index in [-0.39, 0.29) is 5.91 Å². The second kappa shape index (κ2) is 7.25. The smallest absolute Gasteiger partial charge is 0.221 e. The highest BCUT2D eigenvalue weighted by Gasteiger charge is 2.12. The number of amides is 1. The van der Waals surface area contributed by atoms with E-state index in [2.05, 4.69) is 22.8 Å². The molecular formula is C19H22N2O3. The SMILES string of the molecule is COc1ccc(NC(C)=O)c(NCCc2ccc3c(c2)CCO3)c1. The van der Waals surface area contributed by atoms with Gasteiger partial charge in [-0.15, -0.1) is 0 Å². The Morgan fingerprint density at radius 1 is 1.21 bits per heavy atom. The number of nitrogens with one attached hydrogen (secondary N) is 2. The summed E-state index contributed by atoms with van der Waals surface area (Å²) in [4.78, 5) is 11.3. The number of fused-ring (bicyclic) bond motifs is 1. The van der Waals surface area contributed by atoms with Crippen LogP contribution >= 0.6 is 0 Å². The second-order valence-corrected chi connectivity index (χ2v) is 5.81. The standard InChI is InChI=1S/C19H22N2O3/c1-13(22)21-17-5-4-16(23-2)12-18(17)20-9-7-14-3-6-19-15(11-14)8-10-24-19/h3-6,11-12,20H,7-10H2,1-2H3,(H,21,22). The van der Waals surface area contributed by atoms with Crippen molar-refractivity contribution in [3.63, 3.8) is 0 Å². The zero-order valence-corrected chi connectivity index (χ0v) is 14.0. The molecule has 1 aliphatic rings. The largest absolute Gasteiger partial charge is 0.497 e. The molecule has 0 aromatic heterocycles. The van der Waals surface area contributed by atoms with Gasteiger partial charge < -0.3 is 20.1 Å². The molecule has 1 heterocycles. The summed E-state index contributed by atoms with van der Waals surface area (Å²) < 4.78 is 10.8. The summed E-state index contributed by atoms with van der Waals surface area (Å²) in [6.45, 7) is 3.04. The topological polar surface area (TPSA) is 59.6 Å². The van der Waals surface area contributed by atoms with Crippen molar-refractivity contribution in [1.82, 2.24) is 0 Å². The molecule has 0 saturated heterocycles. The van der Waals surface area contributed by atoms with Gasteiger partial charge in [0.15, 0.2) is 0 Å². The van der Waals surface area contributed by atoms with E-state index in [1.54, 1.807) is 7.11 Å². The van der Waals surface area contributed by atoms with Gasteiger partial charge in [-0.25, -0.2) is 0 Å².